The van der Waals surface area contributed by atoms with Crippen LogP contribution in [0.15, 0.2) is 81.7 Å². The zero-order valence-corrected chi connectivity index (χ0v) is 22.0. The van der Waals surface area contributed by atoms with Gasteiger partial charge in [-0.25, -0.2) is 14.3 Å². The number of esters is 2. The Balaban J connectivity index is 1.90. The SMILES string of the molecule is COC(=O)c1c(-c2cc(Br)ccc2OCc2cccc(Br)c2)nn(-c2ccccc2)c1C(=O)OC. The van der Waals surface area contributed by atoms with Crippen molar-refractivity contribution in [3.63, 3.8) is 0 Å². The van der Waals surface area contributed by atoms with Crippen molar-refractivity contribution in [2.24, 2.45) is 0 Å². The molecule has 0 N–H and O–H groups in total. The molecule has 178 valence electrons. The Kier molecular flexibility index (Phi) is 7.67. The molecule has 1 heterocycles. The second-order valence-corrected chi connectivity index (χ2v) is 9.19. The fourth-order valence-corrected chi connectivity index (χ4v) is 4.35. The van der Waals surface area contributed by atoms with Crippen molar-refractivity contribution in [3.05, 3.63) is 98.6 Å². The van der Waals surface area contributed by atoms with E-state index in [0.717, 1.165) is 14.5 Å². The summed E-state index contributed by atoms with van der Waals surface area (Å²) in [5.41, 5.74) is 2.20. The zero-order chi connectivity index (χ0) is 24.9. The summed E-state index contributed by atoms with van der Waals surface area (Å²) in [5.74, 6) is -0.965. The van der Waals surface area contributed by atoms with E-state index < -0.39 is 11.9 Å². The van der Waals surface area contributed by atoms with Gasteiger partial charge in [-0.05, 0) is 48.0 Å². The third-order valence-corrected chi connectivity index (χ3v) is 6.12. The van der Waals surface area contributed by atoms with E-state index in [2.05, 4.69) is 37.0 Å². The highest BCUT2D eigenvalue weighted by Crippen LogP contribution is 2.37. The number of para-hydroxylation sites is 1. The molecule has 0 amide bonds. The van der Waals surface area contributed by atoms with Crippen LogP contribution in [-0.2, 0) is 16.1 Å². The normalized spacial score (nSPS) is 10.6. The number of rotatable bonds is 7. The molecule has 0 saturated carbocycles. The molecule has 1 aromatic heterocycles. The van der Waals surface area contributed by atoms with Gasteiger partial charge < -0.3 is 14.2 Å². The summed E-state index contributed by atoms with van der Waals surface area (Å²) in [4.78, 5) is 25.8. The lowest BCUT2D eigenvalue weighted by Crippen LogP contribution is -2.15. The Bertz CT molecular complexity index is 1390. The van der Waals surface area contributed by atoms with Crippen LogP contribution in [0, 0.1) is 0 Å². The number of aromatic nitrogens is 2. The second kappa shape index (κ2) is 10.9. The summed E-state index contributed by atoms with van der Waals surface area (Å²) >= 11 is 6.95. The predicted molar refractivity (Wildman–Crippen MR) is 138 cm³/mol. The van der Waals surface area contributed by atoms with Gasteiger partial charge in [0.25, 0.3) is 0 Å². The van der Waals surface area contributed by atoms with Gasteiger partial charge in [0.15, 0.2) is 5.69 Å². The average molecular weight is 600 g/mol. The maximum atomic E-state index is 13.0. The van der Waals surface area contributed by atoms with Crippen LogP contribution in [0.25, 0.3) is 16.9 Å². The van der Waals surface area contributed by atoms with Crippen LogP contribution in [0.2, 0.25) is 0 Å². The van der Waals surface area contributed by atoms with Gasteiger partial charge in [-0.3, -0.25) is 0 Å². The van der Waals surface area contributed by atoms with E-state index in [1.54, 1.807) is 36.4 Å². The lowest BCUT2D eigenvalue weighted by Gasteiger charge is -2.12. The Hall–Kier alpha value is -3.43. The lowest BCUT2D eigenvalue weighted by molar-refractivity contribution is 0.0549. The van der Waals surface area contributed by atoms with Crippen molar-refractivity contribution < 1.29 is 23.8 Å². The first kappa shape index (κ1) is 24.7. The summed E-state index contributed by atoms with van der Waals surface area (Å²) in [6.45, 7) is 0.283. The van der Waals surface area contributed by atoms with E-state index in [1.807, 2.05) is 36.4 Å². The molecule has 0 fully saturated rings. The molecule has 0 bridgehead atoms. The molecule has 0 aliphatic heterocycles. The number of methoxy groups -OCH3 is 2. The second-order valence-electron chi connectivity index (χ2n) is 7.36. The van der Waals surface area contributed by atoms with Crippen molar-refractivity contribution >= 4 is 43.8 Å². The van der Waals surface area contributed by atoms with Crippen LogP contribution >= 0.6 is 31.9 Å². The topological polar surface area (TPSA) is 79.7 Å². The van der Waals surface area contributed by atoms with Crippen LogP contribution in [0.5, 0.6) is 5.75 Å². The molecule has 0 unspecified atom stereocenters. The Morgan fingerprint density at radius 2 is 1.57 bits per heavy atom. The Morgan fingerprint density at radius 1 is 0.857 bits per heavy atom. The number of hydrogen-bond donors (Lipinski definition) is 0. The van der Waals surface area contributed by atoms with Crippen molar-refractivity contribution in [2.45, 2.75) is 6.61 Å². The van der Waals surface area contributed by atoms with Gasteiger partial charge in [0.1, 0.15) is 23.6 Å². The minimum absolute atomic E-state index is 0.0198. The monoisotopic (exact) mass is 598 g/mol. The number of halogens is 2. The van der Waals surface area contributed by atoms with E-state index >= 15 is 0 Å². The molecular weight excluding hydrogens is 580 g/mol. The molecule has 4 rings (SSSR count). The lowest BCUT2D eigenvalue weighted by atomic mass is 10.0. The Morgan fingerprint density at radius 3 is 2.26 bits per heavy atom. The van der Waals surface area contributed by atoms with Crippen LogP contribution < -0.4 is 4.74 Å². The van der Waals surface area contributed by atoms with E-state index in [0.29, 0.717) is 17.0 Å². The first-order valence-electron chi connectivity index (χ1n) is 10.4. The van der Waals surface area contributed by atoms with Crippen LogP contribution in [0.1, 0.15) is 26.4 Å². The minimum Gasteiger partial charge on any atom is -0.488 e. The molecule has 0 aliphatic rings. The summed E-state index contributed by atoms with van der Waals surface area (Å²) in [6.07, 6.45) is 0. The van der Waals surface area contributed by atoms with E-state index in [1.165, 1.54) is 18.9 Å². The molecular formula is C26H20Br2N2O5. The largest absolute Gasteiger partial charge is 0.488 e. The summed E-state index contributed by atoms with van der Waals surface area (Å²) in [6, 6.07) is 22.1. The fraction of sp³-hybridized carbons (Fsp3) is 0.115. The van der Waals surface area contributed by atoms with Crippen molar-refractivity contribution in [3.8, 4) is 22.7 Å². The fourth-order valence-electron chi connectivity index (χ4n) is 3.54. The molecule has 7 nitrogen and oxygen atoms in total. The molecule has 3 aromatic carbocycles. The highest BCUT2D eigenvalue weighted by atomic mass is 79.9. The van der Waals surface area contributed by atoms with Gasteiger partial charge in [-0.15, -0.1) is 0 Å². The summed E-state index contributed by atoms with van der Waals surface area (Å²) in [7, 11) is 2.50. The van der Waals surface area contributed by atoms with Crippen molar-refractivity contribution in [2.75, 3.05) is 14.2 Å². The maximum absolute atomic E-state index is 13.0. The first-order valence-corrected chi connectivity index (χ1v) is 12.0. The molecule has 0 aliphatic carbocycles. The van der Waals surface area contributed by atoms with Crippen LogP contribution in [0.3, 0.4) is 0 Å². The molecule has 0 spiro atoms. The maximum Gasteiger partial charge on any atom is 0.357 e. The van der Waals surface area contributed by atoms with Gasteiger partial charge in [-0.1, -0.05) is 62.2 Å². The van der Waals surface area contributed by atoms with Crippen molar-refractivity contribution in [1.82, 2.24) is 9.78 Å². The van der Waals surface area contributed by atoms with Gasteiger partial charge in [-0.2, -0.15) is 5.10 Å². The van der Waals surface area contributed by atoms with Gasteiger partial charge in [0.2, 0.25) is 0 Å². The number of carbonyl (C=O) groups excluding carboxylic acids is 2. The number of hydrogen-bond acceptors (Lipinski definition) is 6. The predicted octanol–water partition coefficient (Wildman–Crippen LogP) is 6.22. The highest BCUT2D eigenvalue weighted by Gasteiger charge is 2.32. The number of nitrogens with zero attached hydrogens (tertiary/aromatic N) is 2. The van der Waals surface area contributed by atoms with Crippen LogP contribution in [-0.4, -0.2) is 35.9 Å². The average Bonchev–Trinajstić information content (AvgIpc) is 3.28. The smallest absolute Gasteiger partial charge is 0.357 e. The molecule has 0 saturated heterocycles. The number of carbonyl (C=O) groups is 2. The van der Waals surface area contributed by atoms with Gasteiger partial charge in [0, 0.05) is 14.5 Å². The van der Waals surface area contributed by atoms with Crippen LogP contribution in [0.4, 0.5) is 0 Å². The van der Waals surface area contributed by atoms with E-state index in [4.69, 9.17) is 14.2 Å². The molecule has 0 atom stereocenters. The number of benzene rings is 3. The van der Waals surface area contributed by atoms with E-state index in [-0.39, 0.29) is 23.6 Å². The zero-order valence-electron chi connectivity index (χ0n) is 18.8. The molecule has 4 aromatic rings. The summed E-state index contributed by atoms with van der Waals surface area (Å²) in [5, 5.41) is 4.67. The third kappa shape index (κ3) is 5.31. The quantitative estimate of drug-likeness (QED) is 0.235. The standard InChI is InChI=1S/C26H20Br2N2O5/c1-33-25(31)22-23(29-30(24(22)26(32)34-2)19-9-4-3-5-10-19)20-14-18(28)11-12-21(20)35-15-16-7-6-8-17(27)13-16/h3-14H,15H2,1-2H3. The van der Waals surface area contributed by atoms with Crippen molar-refractivity contribution in [1.29, 1.82) is 0 Å². The highest BCUT2D eigenvalue weighted by molar-refractivity contribution is 9.10. The minimum atomic E-state index is -0.723. The molecule has 35 heavy (non-hydrogen) atoms. The summed E-state index contributed by atoms with van der Waals surface area (Å²) < 4.78 is 19.2. The molecule has 9 heteroatoms. The third-order valence-electron chi connectivity index (χ3n) is 5.13. The first-order chi connectivity index (χ1) is 16.9. The van der Waals surface area contributed by atoms with Gasteiger partial charge in [0.05, 0.1) is 19.9 Å². The Labute approximate surface area is 218 Å². The number of ether oxygens (including phenoxy) is 3. The molecule has 0 radical (unpaired) electrons. The van der Waals surface area contributed by atoms with E-state index in [9.17, 15) is 9.59 Å². The van der Waals surface area contributed by atoms with Gasteiger partial charge >= 0.3 is 11.9 Å².